The molecule has 6 nitrogen and oxygen atoms in total. The molecule has 2 aromatic rings. The van der Waals surface area contributed by atoms with Gasteiger partial charge in [0.05, 0.1) is 15.7 Å². The topological polar surface area (TPSA) is 70.2 Å². The zero-order valence-corrected chi connectivity index (χ0v) is 15.9. The number of para-hydroxylation sites is 1. The van der Waals surface area contributed by atoms with Crippen molar-refractivity contribution in [2.75, 3.05) is 37.8 Å². The first-order valence-corrected chi connectivity index (χ1v) is 8.62. The number of amides is 1. The van der Waals surface area contributed by atoms with Crippen LogP contribution in [0.4, 0.5) is 11.5 Å². The molecule has 0 saturated carbocycles. The Hall–Kier alpha value is -1.89. The quantitative estimate of drug-likeness (QED) is 0.715. The number of halogens is 2. The minimum atomic E-state index is -0.392. The second-order valence-corrected chi connectivity index (χ2v) is 6.63. The number of carbonyl (C=O) groups excluding carboxylic acids is 1. The highest BCUT2D eigenvalue weighted by Gasteiger charge is 2.14. The fourth-order valence-electron chi connectivity index (χ4n) is 2.18. The summed E-state index contributed by atoms with van der Waals surface area (Å²) in [6.07, 6.45) is 0.965. The molecular formula is C17H21Cl2N5O. The van der Waals surface area contributed by atoms with Gasteiger partial charge in [-0.3, -0.25) is 4.79 Å². The SMILES string of the molecule is Cc1nc(NCCCN(C)C)cc(C(=O)Nc2c(Cl)cccc2Cl)n1. The Morgan fingerprint density at radius 1 is 1.20 bits per heavy atom. The van der Waals surface area contributed by atoms with Crippen molar-refractivity contribution in [3.8, 4) is 0 Å². The first-order chi connectivity index (χ1) is 11.9. The first-order valence-electron chi connectivity index (χ1n) is 7.86. The van der Waals surface area contributed by atoms with Gasteiger partial charge < -0.3 is 15.5 Å². The molecule has 0 aliphatic heterocycles. The zero-order chi connectivity index (χ0) is 18.4. The van der Waals surface area contributed by atoms with Gasteiger partial charge in [0.1, 0.15) is 17.3 Å². The number of hydrogen-bond acceptors (Lipinski definition) is 5. The van der Waals surface area contributed by atoms with Gasteiger partial charge in [-0.2, -0.15) is 0 Å². The van der Waals surface area contributed by atoms with Gasteiger partial charge in [0.15, 0.2) is 0 Å². The van der Waals surface area contributed by atoms with E-state index in [1.807, 2.05) is 14.1 Å². The fourth-order valence-corrected chi connectivity index (χ4v) is 2.67. The standard InChI is InChI=1S/C17H21Cl2N5O/c1-11-21-14(10-15(22-11)20-8-5-9-24(2)3)17(25)23-16-12(18)6-4-7-13(16)19/h4,6-7,10H,5,8-9H2,1-3H3,(H,23,25)(H,20,21,22). The van der Waals surface area contributed by atoms with Crippen LogP contribution in [0.1, 0.15) is 22.7 Å². The molecule has 2 N–H and O–H groups in total. The average molecular weight is 382 g/mol. The third-order valence-corrected chi connectivity index (χ3v) is 3.99. The monoisotopic (exact) mass is 381 g/mol. The summed E-state index contributed by atoms with van der Waals surface area (Å²) in [5.74, 6) is 0.728. The summed E-state index contributed by atoms with van der Waals surface area (Å²) in [7, 11) is 4.05. The van der Waals surface area contributed by atoms with E-state index in [0.717, 1.165) is 19.5 Å². The van der Waals surface area contributed by atoms with Crippen LogP contribution >= 0.6 is 23.2 Å². The molecule has 1 heterocycles. The highest BCUT2D eigenvalue weighted by atomic mass is 35.5. The average Bonchev–Trinajstić information content (AvgIpc) is 2.54. The summed E-state index contributed by atoms with van der Waals surface area (Å²) in [6.45, 7) is 3.46. The summed E-state index contributed by atoms with van der Waals surface area (Å²) in [5, 5.41) is 6.65. The molecular weight excluding hydrogens is 361 g/mol. The molecule has 2 rings (SSSR count). The lowest BCUT2D eigenvalue weighted by atomic mass is 10.3. The maximum absolute atomic E-state index is 12.5. The van der Waals surface area contributed by atoms with E-state index < -0.39 is 5.91 Å². The van der Waals surface area contributed by atoms with Crippen LogP contribution in [-0.2, 0) is 0 Å². The molecule has 0 unspecified atom stereocenters. The number of aryl methyl sites for hydroxylation is 1. The normalized spacial score (nSPS) is 10.8. The molecule has 134 valence electrons. The van der Waals surface area contributed by atoms with Crippen LogP contribution in [0.5, 0.6) is 0 Å². The molecule has 0 fully saturated rings. The first kappa shape index (κ1) is 19.4. The molecule has 0 saturated heterocycles. The van der Waals surface area contributed by atoms with Crippen LogP contribution in [0.2, 0.25) is 10.0 Å². The van der Waals surface area contributed by atoms with Crippen molar-refractivity contribution in [3.05, 3.63) is 45.8 Å². The second-order valence-electron chi connectivity index (χ2n) is 5.82. The summed E-state index contributed by atoms with van der Waals surface area (Å²) < 4.78 is 0. The molecule has 0 aliphatic rings. The highest BCUT2D eigenvalue weighted by molar-refractivity contribution is 6.40. The van der Waals surface area contributed by atoms with Crippen LogP contribution in [0.25, 0.3) is 0 Å². The molecule has 25 heavy (non-hydrogen) atoms. The van der Waals surface area contributed by atoms with Crippen molar-refractivity contribution < 1.29 is 4.79 Å². The summed E-state index contributed by atoms with van der Waals surface area (Å²) in [4.78, 5) is 23.1. The molecule has 0 bridgehead atoms. The van der Waals surface area contributed by atoms with Gasteiger partial charge in [0.2, 0.25) is 0 Å². The van der Waals surface area contributed by atoms with Crippen molar-refractivity contribution in [1.82, 2.24) is 14.9 Å². The predicted octanol–water partition coefficient (Wildman–Crippen LogP) is 3.71. The van der Waals surface area contributed by atoms with Gasteiger partial charge in [-0.15, -0.1) is 0 Å². The molecule has 1 aromatic carbocycles. The lowest BCUT2D eigenvalue weighted by molar-refractivity contribution is 0.102. The van der Waals surface area contributed by atoms with E-state index >= 15 is 0 Å². The van der Waals surface area contributed by atoms with Gasteiger partial charge >= 0.3 is 0 Å². The maximum atomic E-state index is 12.5. The van der Waals surface area contributed by atoms with Crippen LogP contribution < -0.4 is 10.6 Å². The van der Waals surface area contributed by atoms with E-state index in [1.54, 1.807) is 31.2 Å². The van der Waals surface area contributed by atoms with Crippen molar-refractivity contribution in [3.63, 3.8) is 0 Å². The zero-order valence-electron chi connectivity index (χ0n) is 14.4. The lowest BCUT2D eigenvalue weighted by Crippen LogP contribution is -2.18. The number of rotatable bonds is 7. The van der Waals surface area contributed by atoms with Gasteiger partial charge in [-0.25, -0.2) is 9.97 Å². The van der Waals surface area contributed by atoms with Gasteiger partial charge in [0, 0.05) is 12.6 Å². The van der Waals surface area contributed by atoms with Gasteiger partial charge in [0.25, 0.3) is 5.91 Å². The Kier molecular flexibility index (Phi) is 6.99. The van der Waals surface area contributed by atoms with Crippen LogP contribution in [0.15, 0.2) is 24.3 Å². The largest absolute Gasteiger partial charge is 0.370 e. The number of carbonyl (C=O) groups is 1. The van der Waals surface area contributed by atoms with E-state index in [2.05, 4.69) is 25.5 Å². The second kappa shape index (κ2) is 8.99. The fraction of sp³-hybridized carbons (Fsp3) is 0.353. The summed E-state index contributed by atoms with van der Waals surface area (Å²) in [5.41, 5.74) is 0.617. The minimum absolute atomic E-state index is 0.249. The number of aromatic nitrogens is 2. The van der Waals surface area contributed by atoms with E-state index in [-0.39, 0.29) is 5.69 Å². The van der Waals surface area contributed by atoms with E-state index in [0.29, 0.717) is 27.4 Å². The van der Waals surface area contributed by atoms with Crippen LogP contribution in [0.3, 0.4) is 0 Å². The third kappa shape index (κ3) is 5.85. The smallest absolute Gasteiger partial charge is 0.274 e. The molecule has 0 atom stereocenters. The number of hydrogen-bond donors (Lipinski definition) is 2. The van der Waals surface area contributed by atoms with Crippen molar-refractivity contribution in [2.45, 2.75) is 13.3 Å². The Morgan fingerprint density at radius 2 is 1.88 bits per heavy atom. The molecule has 0 spiro atoms. The van der Waals surface area contributed by atoms with Crippen molar-refractivity contribution in [1.29, 1.82) is 0 Å². The summed E-state index contributed by atoms with van der Waals surface area (Å²) in [6, 6.07) is 6.64. The Bertz CT molecular complexity index is 732. The number of anilines is 2. The maximum Gasteiger partial charge on any atom is 0.274 e. The molecule has 8 heteroatoms. The van der Waals surface area contributed by atoms with E-state index in [4.69, 9.17) is 23.2 Å². The third-order valence-electron chi connectivity index (χ3n) is 3.36. The lowest BCUT2D eigenvalue weighted by Gasteiger charge is -2.12. The summed E-state index contributed by atoms with van der Waals surface area (Å²) >= 11 is 12.2. The molecule has 1 amide bonds. The minimum Gasteiger partial charge on any atom is -0.370 e. The van der Waals surface area contributed by atoms with Gasteiger partial charge in [-0.05, 0) is 46.1 Å². The van der Waals surface area contributed by atoms with Crippen molar-refractivity contribution >= 4 is 40.6 Å². The van der Waals surface area contributed by atoms with E-state index in [9.17, 15) is 4.79 Å². The molecule has 0 radical (unpaired) electrons. The molecule has 1 aromatic heterocycles. The van der Waals surface area contributed by atoms with Crippen LogP contribution in [0, 0.1) is 6.92 Å². The number of benzene rings is 1. The Balaban J connectivity index is 2.09. The van der Waals surface area contributed by atoms with Crippen LogP contribution in [-0.4, -0.2) is 48.0 Å². The Morgan fingerprint density at radius 3 is 2.52 bits per heavy atom. The van der Waals surface area contributed by atoms with Crippen molar-refractivity contribution in [2.24, 2.45) is 0 Å². The highest BCUT2D eigenvalue weighted by Crippen LogP contribution is 2.30. The molecule has 0 aliphatic carbocycles. The van der Waals surface area contributed by atoms with E-state index in [1.165, 1.54) is 0 Å². The Labute approximate surface area is 157 Å². The number of nitrogens with zero attached hydrogens (tertiary/aromatic N) is 3. The predicted molar refractivity (Wildman–Crippen MR) is 103 cm³/mol. The number of nitrogens with one attached hydrogen (secondary N) is 2. The van der Waals surface area contributed by atoms with Gasteiger partial charge in [-0.1, -0.05) is 29.3 Å².